The van der Waals surface area contributed by atoms with Crippen molar-refractivity contribution in [1.29, 1.82) is 0 Å². The molecule has 0 atom stereocenters. The molecular weight excluding hydrogens is 354 g/mol. The first-order valence-electron chi connectivity index (χ1n) is 9.07. The summed E-state index contributed by atoms with van der Waals surface area (Å²) in [5.41, 5.74) is 5.46. The minimum absolute atomic E-state index is 0.116. The zero-order chi connectivity index (χ0) is 19.3. The van der Waals surface area contributed by atoms with Crippen molar-refractivity contribution in [3.63, 3.8) is 0 Å². The fourth-order valence-electron chi connectivity index (χ4n) is 3.57. The van der Waals surface area contributed by atoms with Gasteiger partial charge in [-0.05, 0) is 41.0 Å². The summed E-state index contributed by atoms with van der Waals surface area (Å²) >= 11 is 0. The van der Waals surface area contributed by atoms with E-state index in [1.165, 1.54) is 5.06 Å². The number of carbonyl (C=O) groups excluding carboxylic acids is 1. The molecule has 140 valence electrons. The van der Waals surface area contributed by atoms with Crippen LogP contribution in [0.25, 0.3) is 22.0 Å². The predicted octanol–water partition coefficient (Wildman–Crippen LogP) is 3.06. The van der Waals surface area contributed by atoms with E-state index >= 15 is 0 Å². The number of aromatic nitrogens is 4. The number of carbonyl (C=O) groups is 1. The number of hydrogen-bond donors (Lipinski definition) is 0. The molecule has 0 N–H and O–H groups in total. The summed E-state index contributed by atoms with van der Waals surface area (Å²) in [6, 6.07) is 14.0. The summed E-state index contributed by atoms with van der Waals surface area (Å²) in [5, 5.41) is 11.2. The summed E-state index contributed by atoms with van der Waals surface area (Å²) < 4.78 is 3.52. The largest absolute Gasteiger partial charge is 0.278 e. The monoisotopic (exact) mass is 373 g/mol. The van der Waals surface area contributed by atoms with Crippen LogP contribution in [0.1, 0.15) is 21.6 Å². The van der Waals surface area contributed by atoms with E-state index in [1.807, 2.05) is 62.9 Å². The van der Waals surface area contributed by atoms with Crippen LogP contribution in [-0.2, 0) is 32.1 Å². The van der Waals surface area contributed by atoms with E-state index in [1.54, 1.807) is 9.36 Å². The second-order valence-corrected chi connectivity index (χ2v) is 7.04. The lowest BCUT2D eigenvalue weighted by Crippen LogP contribution is -2.24. The molecule has 0 fully saturated rings. The van der Waals surface area contributed by atoms with Crippen LogP contribution in [0.5, 0.6) is 0 Å². The molecule has 0 bridgehead atoms. The molecule has 5 rings (SSSR count). The average molecular weight is 373 g/mol. The third kappa shape index (κ3) is 2.86. The Morgan fingerprint density at radius 1 is 1.00 bits per heavy atom. The molecule has 1 aliphatic heterocycles. The lowest BCUT2D eigenvalue weighted by molar-refractivity contribution is -0.135. The molecule has 2 aromatic carbocycles. The van der Waals surface area contributed by atoms with E-state index in [9.17, 15) is 4.79 Å². The predicted molar refractivity (Wildman–Crippen MR) is 104 cm³/mol. The zero-order valence-electron chi connectivity index (χ0n) is 15.7. The second-order valence-electron chi connectivity index (χ2n) is 7.04. The van der Waals surface area contributed by atoms with E-state index in [-0.39, 0.29) is 12.5 Å². The van der Waals surface area contributed by atoms with Gasteiger partial charge in [0.25, 0.3) is 5.91 Å². The van der Waals surface area contributed by atoms with Crippen LogP contribution in [-0.4, -0.2) is 30.5 Å². The van der Waals surface area contributed by atoms with Crippen molar-refractivity contribution < 1.29 is 9.63 Å². The van der Waals surface area contributed by atoms with Crippen LogP contribution in [0.15, 0.2) is 54.9 Å². The van der Waals surface area contributed by atoms with Crippen LogP contribution in [0.3, 0.4) is 0 Å². The number of aryl methyl sites for hydroxylation is 2. The molecule has 0 saturated carbocycles. The van der Waals surface area contributed by atoms with E-state index in [4.69, 9.17) is 4.84 Å². The smallest absolute Gasteiger partial charge is 0.275 e. The highest BCUT2D eigenvalue weighted by Gasteiger charge is 2.29. The minimum atomic E-state index is -0.116. The number of hydroxylamine groups is 2. The number of fused-ring (bicyclic) bond motifs is 2. The Hall–Kier alpha value is -3.45. The van der Waals surface area contributed by atoms with Gasteiger partial charge in [-0.25, -0.2) is 5.06 Å². The van der Waals surface area contributed by atoms with Gasteiger partial charge in [-0.1, -0.05) is 18.2 Å². The summed E-state index contributed by atoms with van der Waals surface area (Å²) in [4.78, 5) is 18.5. The lowest BCUT2D eigenvalue weighted by Gasteiger charge is -2.14. The van der Waals surface area contributed by atoms with E-state index in [0.717, 1.165) is 33.3 Å². The van der Waals surface area contributed by atoms with Crippen LogP contribution < -0.4 is 0 Å². The van der Waals surface area contributed by atoms with Crippen molar-refractivity contribution in [2.45, 2.75) is 13.2 Å². The van der Waals surface area contributed by atoms with Crippen LogP contribution in [0, 0.1) is 0 Å². The van der Waals surface area contributed by atoms with Crippen molar-refractivity contribution in [2.75, 3.05) is 0 Å². The summed E-state index contributed by atoms with van der Waals surface area (Å²) in [6.45, 7) is 0.716. The van der Waals surface area contributed by atoms with Gasteiger partial charge in [0.15, 0.2) is 0 Å². The average Bonchev–Trinajstić information content (AvgIpc) is 3.36. The van der Waals surface area contributed by atoms with Crippen molar-refractivity contribution in [3.05, 3.63) is 71.7 Å². The van der Waals surface area contributed by atoms with Gasteiger partial charge in [-0.2, -0.15) is 10.2 Å². The van der Waals surface area contributed by atoms with Crippen LogP contribution in [0.4, 0.5) is 0 Å². The molecule has 7 heteroatoms. The molecular formula is C21H19N5O2. The molecule has 0 unspecified atom stereocenters. The maximum atomic E-state index is 12.8. The quantitative estimate of drug-likeness (QED) is 0.551. The zero-order valence-corrected chi connectivity index (χ0v) is 15.7. The fourth-order valence-corrected chi connectivity index (χ4v) is 3.57. The molecule has 1 aliphatic rings. The molecule has 28 heavy (non-hydrogen) atoms. The van der Waals surface area contributed by atoms with Crippen molar-refractivity contribution in [2.24, 2.45) is 14.1 Å². The molecule has 7 nitrogen and oxygen atoms in total. The SMILES string of the molecule is Cn1ccc(CON2Cc3ccc(-c4ccc5nn(C)cc5c4)cc3C2=O)n1. The van der Waals surface area contributed by atoms with E-state index in [2.05, 4.69) is 16.3 Å². The maximum absolute atomic E-state index is 12.8. The first-order valence-corrected chi connectivity index (χ1v) is 9.07. The Morgan fingerprint density at radius 2 is 1.82 bits per heavy atom. The number of rotatable bonds is 4. The first-order chi connectivity index (χ1) is 13.6. The first kappa shape index (κ1) is 16.7. The Balaban J connectivity index is 1.39. The van der Waals surface area contributed by atoms with Crippen molar-refractivity contribution >= 4 is 16.8 Å². The number of nitrogens with zero attached hydrogens (tertiary/aromatic N) is 5. The second kappa shape index (κ2) is 6.31. The van der Waals surface area contributed by atoms with Gasteiger partial charge < -0.3 is 0 Å². The molecule has 4 aromatic rings. The third-order valence-electron chi connectivity index (χ3n) is 4.97. The topological polar surface area (TPSA) is 65.2 Å². The number of benzene rings is 2. The van der Waals surface area contributed by atoms with Crippen LogP contribution in [0.2, 0.25) is 0 Å². The Kier molecular flexibility index (Phi) is 3.77. The molecule has 0 radical (unpaired) electrons. The molecule has 0 spiro atoms. The molecule has 2 aromatic heterocycles. The van der Waals surface area contributed by atoms with E-state index < -0.39 is 0 Å². The van der Waals surface area contributed by atoms with Crippen molar-refractivity contribution in [1.82, 2.24) is 24.6 Å². The minimum Gasteiger partial charge on any atom is -0.275 e. The van der Waals surface area contributed by atoms with Gasteiger partial charge in [0, 0.05) is 37.4 Å². The van der Waals surface area contributed by atoms with Gasteiger partial charge >= 0.3 is 0 Å². The highest BCUT2D eigenvalue weighted by molar-refractivity contribution is 5.99. The number of hydrogen-bond acceptors (Lipinski definition) is 4. The highest BCUT2D eigenvalue weighted by Crippen LogP contribution is 2.30. The van der Waals surface area contributed by atoms with Gasteiger partial charge in [0.05, 0.1) is 17.8 Å². The summed E-state index contributed by atoms with van der Waals surface area (Å²) in [7, 11) is 3.76. The standard InChI is InChI=1S/C21H19N5O2/c1-24-8-7-18(22-24)13-28-26-12-16-4-3-15(10-19(16)21(26)27)14-5-6-20-17(9-14)11-25(2)23-20/h3-11H,12-13H2,1-2H3. The van der Waals surface area contributed by atoms with Gasteiger partial charge in [-0.3, -0.25) is 19.0 Å². The van der Waals surface area contributed by atoms with Gasteiger partial charge in [0.2, 0.25) is 0 Å². The normalized spacial score (nSPS) is 13.5. The molecule has 0 aliphatic carbocycles. The summed E-state index contributed by atoms with van der Waals surface area (Å²) in [6.07, 6.45) is 3.84. The van der Waals surface area contributed by atoms with Gasteiger partial charge in [0.1, 0.15) is 6.61 Å². The maximum Gasteiger partial charge on any atom is 0.278 e. The Labute approximate surface area is 161 Å². The lowest BCUT2D eigenvalue weighted by atomic mass is 9.99. The highest BCUT2D eigenvalue weighted by atomic mass is 16.7. The Morgan fingerprint density at radius 3 is 2.64 bits per heavy atom. The summed E-state index contributed by atoms with van der Waals surface area (Å²) in [5.74, 6) is -0.116. The van der Waals surface area contributed by atoms with Crippen molar-refractivity contribution in [3.8, 4) is 11.1 Å². The Bertz CT molecular complexity index is 1210. The number of amides is 1. The molecule has 1 amide bonds. The van der Waals surface area contributed by atoms with Crippen LogP contribution >= 0.6 is 0 Å². The molecule has 0 saturated heterocycles. The fraction of sp³-hybridized carbons (Fsp3) is 0.190. The van der Waals surface area contributed by atoms with Gasteiger partial charge in [-0.15, -0.1) is 0 Å². The third-order valence-corrected chi connectivity index (χ3v) is 4.97. The molecule has 3 heterocycles. The van der Waals surface area contributed by atoms with E-state index in [0.29, 0.717) is 12.1 Å².